The summed E-state index contributed by atoms with van der Waals surface area (Å²) in [4.78, 5) is 23.0. The van der Waals surface area contributed by atoms with Crippen LogP contribution in [0.3, 0.4) is 0 Å². The number of hydrogen-bond donors (Lipinski definition) is 1. The van der Waals surface area contributed by atoms with Crippen molar-refractivity contribution in [2.24, 2.45) is 0 Å². The van der Waals surface area contributed by atoms with Crippen molar-refractivity contribution in [1.82, 2.24) is 19.6 Å². The molecular formula is C36H30Cl4N4O4. The van der Waals surface area contributed by atoms with Gasteiger partial charge in [0.05, 0.1) is 36.4 Å². The molecule has 0 spiro atoms. The van der Waals surface area contributed by atoms with Crippen LogP contribution in [0.4, 0.5) is 0 Å². The predicted octanol–water partition coefficient (Wildman–Crippen LogP) is 9.67. The molecule has 0 aliphatic rings. The molecule has 6 aromatic rings. The van der Waals surface area contributed by atoms with E-state index >= 15 is 0 Å². The first-order valence-electron chi connectivity index (χ1n) is 14.8. The van der Waals surface area contributed by atoms with Gasteiger partial charge in [0.25, 0.3) is 0 Å². The Morgan fingerprint density at radius 2 is 1.27 bits per heavy atom. The maximum Gasteiger partial charge on any atom is 0.357 e. The average molecular weight is 724 g/mol. The van der Waals surface area contributed by atoms with Crippen molar-refractivity contribution in [2.45, 2.75) is 33.9 Å². The molecule has 2 aromatic heterocycles. The van der Waals surface area contributed by atoms with E-state index in [1.165, 1.54) is 6.08 Å². The number of hydrogen-bond acceptors (Lipinski definition) is 5. The van der Waals surface area contributed by atoms with E-state index in [0.717, 1.165) is 38.7 Å². The van der Waals surface area contributed by atoms with Crippen LogP contribution in [0.25, 0.3) is 27.9 Å². The second-order valence-electron chi connectivity index (χ2n) is 11.0. The van der Waals surface area contributed by atoms with Crippen LogP contribution in [-0.2, 0) is 22.6 Å². The number of nitrogens with zero attached hydrogens (tertiary/aromatic N) is 4. The summed E-state index contributed by atoms with van der Waals surface area (Å²) in [6, 6.07) is 22.3. The molecule has 0 fully saturated rings. The molecule has 2 heterocycles. The fraction of sp³-hybridized carbons (Fsp3) is 0.167. The van der Waals surface area contributed by atoms with Crippen LogP contribution in [0, 0.1) is 13.8 Å². The highest BCUT2D eigenvalue weighted by atomic mass is 35.5. The van der Waals surface area contributed by atoms with Crippen molar-refractivity contribution in [3.63, 3.8) is 0 Å². The van der Waals surface area contributed by atoms with E-state index in [-0.39, 0.29) is 11.7 Å². The number of halogens is 4. The zero-order valence-electron chi connectivity index (χ0n) is 26.2. The minimum atomic E-state index is -1.05. The zero-order valence-corrected chi connectivity index (χ0v) is 29.2. The number of carboxylic acid groups (broad SMARTS) is 1. The molecule has 0 radical (unpaired) electrons. The second kappa shape index (κ2) is 15.3. The summed E-state index contributed by atoms with van der Waals surface area (Å²) in [6.07, 6.45) is 3.07. The summed E-state index contributed by atoms with van der Waals surface area (Å²) >= 11 is 24.4. The Morgan fingerprint density at radius 1 is 0.750 bits per heavy atom. The molecule has 8 nitrogen and oxygen atoms in total. The van der Waals surface area contributed by atoms with E-state index in [1.54, 1.807) is 48.0 Å². The maximum absolute atomic E-state index is 11.6. The summed E-state index contributed by atoms with van der Waals surface area (Å²) in [5.41, 5.74) is 6.40. The van der Waals surface area contributed by atoms with Gasteiger partial charge in [0.2, 0.25) is 0 Å². The Bertz CT molecular complexity index is 2190. The number of aromatic nitrogens is 4. The smallest absolute Gasteiger partial charge is 0.357 e. The molecule has 0 atom stereocenters. The van der Waals surface area contributed by atoms with Crippen molar-refractivity contribution in [3.8, 4) is 0 Å². The average Bonchev–Trinajstić information content (AvgIpc) is 3.56. The molecule has 4 aromatic carbocycles. The fourth-order valence-electron chi connectivity index (χ4n) is 5.08. The lowest BCUT2D eigenvalue weighted by molar-refractivity contribution is -0.137. The van der Waals surface area contributed by atoms with Gasteiger partial charge in [0.15, 0.2) is 5.69 Å². The van der Waals surface area contributed by atoms with Crippen LogP contribution in [0.5, 0.6) is 0 Å². The molecular weight excluding hydrogens is 694 g/mol. The van der Waals surface area contributed by atoms with Crippen LogP contribution in [0.2, 0.25) is 20.1 Å². The van der Waals surface area contributed by atoms with Crippen molar-refractivity contribution in [3.05, 3.63) is 133 Å². The number of benzene rings is 4. The first-order chi connectivity index (χ1) is 22.9. The lowest BCUT2D eigenvalue weighted by Crippen LogP contribution is -2.05. The molecule has 12 heteroatoms. The monoisotopic (exact) mass is 722 g/mol. The number of fused-ring (bicyclic) bond motifs is 2. The lowest BCUT2D eigenvalue weighted by Gasteiger charge is -2.07. The molecule has 6 rings (SSSR count). The Balaban J connectivity index is 0.000000190. The third-order valence-corrected chi connectivity index (χ3v) is 8.55. The van der Waals surface area contributed by atoms with Gasteiger partial charge in [-0.25, -0.2) is 9.59 Å². The number of aryl methyl sites for hydroxylation is 2. The van der Waals surface area contributed by atoms with Gasteiger partial charge in [-0.1, -0.05) is 82.8 Å². The highest BCUT2D eigenvalue weighted by Crippen LogP contribution is 2.27. The minimum absolute atomic E-state index is 0.0417. The molecule has 0 aliphatic carbocycles. The number of carbonyl (C=O) groups excluding carboxylic acids is 1. The quantitative estimate of drug-likeness (QED) is 0.124. The third-order valence-electron chi connectivity index (χ3n) is 7.38. The van der Waals surface area contributed by atoms with Crippen LogP contribution >= 0.6 is 46.4 Å². The number of ether oxygens (including phenoxy) is 1. The highest BCUT2D eigenvalue weighted by molar-refractivity contribution is 6.35. The summed E-state index contributed by atoms with van der Waals surface area (Å²) in [5.74, 6) is -1.43. The number of carboxylic acids is 1. The zero-order chi connectivity index (χ0) is 34.5. The first kappa shape index (κ1) is 35.0. The van der Waals surface area contributed by atoms with Crippen LogP contribution < -0.4 is 0 Å². The Kier molecular flexibility index (Phi) is 11.1. The Hall–Kier alpha value is -4.34. The molecule has 0 amide bonds. The van der Waals surface area contributed by atoms with Crippen molar-refractivity contribution >= 4 is 86.2 Å². The van der Waals surface area contributed by atoms with Crippen molar-refractivity contribution in [1.29, 1.82) is 0 Å². The normalized spacial score (nSPS) is 11.2. The van der Waals surface area contributed by atoms with Crippen molar-refractivity contribution < 1.29 is 19.4 Å². The summed E-state index contributed by atoms with van der Waals surface area (Å²) in [7, 11) is 0. The molecule has 0 unspecified atom stereocenters. The molecule has 0 saturated carbocycles. The second-order valence-corrected chi connectivity index (χ2v) is 12.6. The molecule has 1 N–H and O–H groups in total. The third kappa shape index (κ3) is 8.20. The maximum atomic E-state index is 11.6. The summed E-state index contributed by atoms with van der Waals surface area (Å²) < 4.78 is 8.46. The van der Waals surface area contributed by atoms with Gasteiger partial charge in [0.1, 0.15) is 0 Å². The van der Waals surface area contributed by atoms with E-state index in [1.807, 2.05) is 54.9 Å². The molecule has 0 saturated heterocycles. The number of esters is 1. The van der Waals surface area contributed by atoms with Gasteiger partial charge < -0.3 is 9.84 Å². The van der Waals surface area contributed by atoms with Gasteiger partial charge in [-0.2, -0.15) is 10.2 Å². The largest absolute Gasteiger partial charge is 0.476 e. The summed E-state index contributed by atoms with van der Waals surface area (Å²) in [5, 5.41) is 22.0. The van der Waals surface area contributed by atoms with E-state index in [2.05, 4.69) is 16.3 Å². The Labute approximate surface area is 297 Å². The lowest BCUT2D eigenvalue weighted by atomic mass is 10.1. The van der Waals surface area contributed by atoms with E-state index in [0.29, 0.717) is 50.9 Å². The molecule has 0 aliphatic heterocycles. The number of rotatable bonds is 8. The first-order valence-corrected chi connectivity index (χ1v) is 16.3. The van der Waals surface area contributed by atoms with E-state index < -0.39 is 5.97 Å². The van der Waals surface area contributed by atoms with Gasteiger partial charge in [-0.3, -0.25) is 9.36 Å². The standard InChI is InChI=1S/C20H18Cl2N2O2.C16H12Cl2N2O2/c1-3-26-20(25)9-8-18-16-7-4-13(2)10-19(16)24(23-18)12-14-5-6-15(21)11-17(14)22;1-9-2-5-12-14(6-9)20(19-15(12)16(21)22)8-10-3-4-11(17)7-13(10)18/h4-11H,3,12H2,1-2H3;2-7H,8H2,1H3,(H,21,22)/b9-8+;. The van der Waals surface area contributed by atoms with Crippen LogP contribution in [-0.4, -0.2) is 43.2 Å². The predicted molar refractivity (Wildman–Crippen MR) is 193 cm³/mol. The molecule has 48 heavy (non-hydrogen) atoms. The summed E-state index contributed by atoms with van der Waals surface area (Å²) in [6.45, 7) is 6.97. The molecule has 246 valence electrons. The Morgan fingerprint density at radius 3 is 1.79 bits per heavy atom. The van der Waals surface area contributed by atoms with Crippen molar-refractivity contribution in [2.75, 3.05) is 6.61 Å². The van der Waals surface area contributed by atoms with Gasteiger partial charge in [-0.05, 0) is 85.5 Å². The van der Waals surface area contributed by atoms with Gasteiger partial charge >= 0.3 is 11.9 Å². The van der Waals surface area contributed by atoms with E-state index in [4.69, 9.17) is 51.1 Å². The highest BCUT2D eigenvalue weighted by Gasteiger charge is 2.17. The van der Waals surface area contributed by atoms with Gasteiger partial charge in [-0.15, -0.1) is 0 Å². The van der Waals surface area contributed by atoms with E-state index in [9.17, 15) is 14.7 Å². The fourth-order valence-corrected chi connectivity index (χ4v) is 6.01. The molecule has 0 bridgehead atoms. The topological polar surface area (TPSA) is 99.2 Å². The minimum Gasteiger partial charge on any atom is -0.476 e. The number of aromatic carboxylic acids is 1. The number of carbonyl (C=O) groups is 2. The van der Waals surface area contributed by atoms with Gasteiger partial charge in [0, 0.05) is 36.9 Å². The SMILES string of the molecule is CCOC(=O)/C=C/c1nn(Cc2ccc(Cl)cc2Cl)c2cc(C)ccc12.Cc1ccc2c(C(=O)O)nn(Cc3ccc(Cl)cc3Cl)c2c1. The van der Waals surface area contributed by atoms with Crippen LogP contribution in [0.15, 0.2) is 78.9 Å². The van der Waals surface area contributed by atoms with Crippen LogP contribution in [0.1, 0.15) is 45.4 Å².